The lowest BCUT2D eigenvalue weighted by molar-refractivity contribution is -0.153. The molecule has 116 valence electrons. The van der Waals surface area contributed by atoms with E-state index in [0.717, 1.165) is 6.42 Å². The number of ether oxygens (including phenoxy) is 1. The van der Waals surface area contributed by atoms with Crippen molar-refractivity contribution >= 4 is 17.6 Å². The molecule has 1 saturated carbocycles. The van der Waals surface area contributed by atoms with E-state index >= 15 is 0 Å². The van der Waals surface area contributed by atoms with Gasteiger partial charge in [-0.05, 0) is 48.9 Å². The van der Waals surface area contributed by atoms with Crippen molar-refractivity contribution in [3.05, 3.63) is 36.4 Å². The average molecular weight is 301 g/mol. The Balaban J connectivity index is 1.70. The normalized spacial score (nSPS) is 28.6. The summed E-state index contributed by atoms with van der Waals surface area (Å²) in [7, 11) is 1.58. The lowest BCUT2D eigenvalue weighted by Crippen LogP contribution is -2.38. The number of allylic oxidation sites excluding steroid dienone is 2. The molecule has 5 heteroatoms. The monoisotopic (exact) mass is 301 g/mol. The smallest absolute Gasteiger partial charge is 0.310 e. The van der Waals surface area contributed by atoms with Crippen LogP contribution in [0.4, 0.5) is 5.69 Å². The van der Waals surface area contributed by atoms with Gasteiger partial charge in [-0.2, -0.15) is 0 Å². The van der Waals surface area contributed by atoms with Crippen LogP contribution in [0.3, 0.4) is 0 Å². The van der Waals surface area contributed by atoms with Gasteiger partial charge in [-0.15, -0.1) is 0 Å². The summed E-state index contributed by atoms with van der Waals surface area (Å²) in [4.78, 5) is 24.0. The van der Waals surface area contributed by atoms with E-state index in [1.165, 1.54) is 0 Å². The Morgan fingerprint density at radius 1 is 1.32 bits per heavy atom. The van der Waals surface area contributed by atoms with Crippen LogP contribution in [0.25, 0.3) is 0 Å². The van der Waals surface area contributed by atoms with Crippen LogP contribution in [-0.2, 0) is 9.59 Å². The Morgan fingerprint density at radius 2 is 2.05 bits per heavy atom. The Hall–Kier alpha value is -2.30. The van der Waals surface area contributed by atoms with Gasteiger partial charge in [-0.25, -0.2) is 0 Å². The van der Waals surface area contributed by atoms with E-state index in [1.807, 2.05) is 6.08 Å². The third kappa shape index (κ3) is 2.47. The minimum atomic E-state index is -0.948. The van der Waals surface area contributed by atoms with Gasteiger partial charge in [0.05, 0.1) is 12.5 Å². The fourth-order valence-corrected chi connectivity index (χ4v) is 3.65. The molecule has 1 aromatic rings. The Labute approximate surface area is 129 Å². The summed E-state index contributed by atoms with van der Waals surface area (Å²) in [6, 6.07) is 6.99. The number of hydrogen-bond acceptors (Lipinski definition) is 3. The minimum absolute atomic E-state index is 0.0138. The van der Waals surface area contributed by atoms with Crippen LogP contribution in [0.15, 0.2) is 36.4 Å². The molecule has 2 aliphatic rings. The fraction of sp³-hybridized carbons (Fsp3) is 0.412. The van der Waals surface area contributed by atoms with E-state index in [4.69, 9.17) is 4.74 Å². The molecule has 0 aliphatic heterocycles. The Kier molecular flexibility index (Phi) is 3.64. The summed E-state index contributed by atoms with van der Waals surface area (Å²) < 4.78 is 5.06. The highest BCUT2D eigenvalue weighted by atomic mass is 16.5. The van der Waals surface area contributed by atoms with Gasteiger partial charge >= 0.3 is 5.97 Å². The van der Waals surface area contributed by atoms with Crippen LogP contribution in [0.2, 0.25) is 0 Å². The molecule has 3 rings (SSSR count). The highest BCUT2D eigenvalue weighted by Crippen LogP contribution is 2.54. The number of anilines is 1. The van der Waals surface area contributed by atoms with Crippen LogP contribution >= 0.6 is 0 Å². The van der Waals surface area contributed by atoms with Crippen LogP contribution in [0.5, 0.6) is 5.75 Å². The molecule has 3 atom stereocenters. The molecule has 1 fully saturated rings. The number of hydrogen-bond donors (Lipinski definition) is 2. The second-order valence-electron chi connectivity index (χ2n) is 6.11. The molecule has 5 nitrogen and oxygen atoms in total. The number of methoxy groups -OCH3 is 1. The van der Waals surface area contributed by atoms with Crippen LogP contribution in [0.1, 0.15) is 19.3 Å². The molecular weight excluding hydrogens is 282 g/mol. The number of benzene rings is 1. The van der Waals surface area contributed by atoms with Crippen molar-refractivity contribution in [1.29, 1.82) is 0 Å². The molecule has 0 unspecified atom stereocenters. The molecule has 1 amide bonds. The molecule has 0 heterocycles. The Bertz CT molecular complexity index is 622. The SMILES string of the molecule is COc1ccc(NC(=O)C[C@]2(C(=O)O)C[C@H]3C=C[C@H]2C3)cc1. The number of fused-ring (bicyclic) bond motifs is 2. The summed E-state index contributed by atoms with van der Waals surface area (Å²) in [6.45, 7) is 0. The van der Waals surface area contributed by atoms with Crippen molar-refractivity contribution < 1.29 is 19.4 Å². The fourth-order valence-electron chi connectivity index (χ4n) is 3.65. The van der Waals surface area contributed by atoms with Crippen molar-refractivity contribution in [3.63, 3.8) is 0 Å². The molecule has 22 heavy (non-hydrogen) atoms. The maximum absolute atomic E-state index is 12.3. The quantitative estimate of drug-likeness (QED) is 0.820. The van der Waals surface area contributed by atoms with Gasteiger partial charge in [-0.3, -0.25) is 9.59 Å². The molecule has 0 saturated heterocycles. The molecule has 1 aromatic carbocycles. The third-order valence-electron chi connectivity index (χ3n) is 4.78. The molecular formula is C17H19NO4. The summed E-state index contributed by atoms with van der Waals surface area (Å²) in [5, 5.41) is 12.4. The first-order valence-electron chi connectivity index (χ1n) is 7.39. The average Bonchev–Trinajstić information content (AvgIpc) is 3.09. The number of carbonyl (C=O) groups excluding carboxylic acids is 1. The predicted molar refractivity (Wildman–Crippen MR) is 81.7 cm³/mol. The topological polar surface area (TPSA) is 75.6 Å². The highest BCUT2D eigenvalue weighted by Gasteiger charge is 2.54. The first-order chi connectivity index (χ1) is 10.5. The zero-order chi connectivity index (χ0) is 15.7. The third-order valence-corrected chi connectivity index (χ3v) is 4.78. The van der Waals surface area contributed by atoms with E-state index in [0.29, 0.717) is 23.8 Å². The lowest BCUT2D eigenvalue weighted by atomic mass is 9.73. The lowest BCUT2D eigenvalue weighted by Gasteiger charge is -2.30. The van der Waals surface area contributed by atoms with E-state index in [2.05, 4.69) is 11.4 Å². The molecule has 2 bridgehead atoms. The summed E-state index contributed by atoms with van der Waals surface area (Å²) in [6.07, 6.45) is 5.46. The standard InChI is InChI=1S/C17H19NO4/c1-22-14-6-4-13(5-7-14)18-15(19)10-17(16(20)21)9-11-2-3-12(17)8-11/h2-7,11-12H,8-10H2,1H3,(H,18,19)(H,20,21)/t11-,12-,17+/m0/s1. The van der Waals surface area contributed by atoms with Gasteiger partial charge in [0.2, 0.25) is 5.91 Å². The maximum Gasteiger partial charge on any atom is 0.310 e. The summed E-state index contributed by atoms with van der Waals surface area (Å²) in [5.74, 6) is -0.146. The van der Waals surface area contributed by atoms with Crippen molar-refractivity contribution in [2.45, 2.75) is 19.3 Å². The van der Waals surface area contributed by atoms with Crippen LogP contribution in [-0.4, -0.2) is 24.1 Å². The number of aliphatic carboxylic acids is 1. The first kappa shape index (κ1) is 14.6. The zero-order valence-electron chi connectivity index (χ0n) is 12.4. The minimum Gasteiger partial charge on any atom is -0.497 e. The number of carbonyl (C=O) groups is 2. The largest absolute Gasteiger partial charge is 0.497 e. The number of carboxylic acids is 1. The van der Waals surface area contributed by atoms with Gasteiger partial charge < -0.3 is 15.2 Å². The predicted octanol–water partition coefficient (Wildman–Crippen LogP) is 2.69. The van der Waals surface area contributed by atoms with Gasteiger partial charge in [0.1, 0.15) is 5.75 Å². The summed E-state index contributed by atoms with van der Waals surface area (Å²) >= 11 is 0. The van der Waals surface area contributed by atoms with Crippen molar-refractivity contribution in [2.75, 3.05) is 12.4 Å². The summed E-state index contributed by atoms with van der Waals surface area (Å²) in [5.41, 5.74) is -0.305. The van der Waals surface area contributed by atoms with Crippen LogP contribution < -0.4 is 10.1 Å². The first-order valence-corrected chi connectivity index (χ1v) is 7.39. The second-order valence-corrected chi connectivity index (χ2v) is 6.11. The Morgan fingerprint density at radius 3 is 2.55 bits per heavy atom. The number of nitrogens with one attached hydrogen (secondary N) is 1. The maximum atomic E-state index is 12.3. The van der Waals surface area contributed by atoms with Gasteiger partial charge in [0.25, 0.3) is 0 Å². The van der Waals surface area contributed by atoms with Gasteiger partial charge in [0, 0.05) is 12.1 Å². The number of amides is 1. The molecule has 0 aromatic heterocycles. The second kappa shape index (κ2) is 5.48. The number of carboxylic acid groups (broad SMARTS) is 1. The highest BCUT2D eigenvalue weighted by molar-refractivity contribution is 5.94. The van der Waals surface area contributed by atoms with E-state index < -0.39 is 11.4 Å². The van der Waals surface area contributed by atoms with Crippen LogP contribution in [0, 0.1) is 17.3 Å². The molecule has 2 N–H and O–H groups in total. The van der Waals surface area contributed by atoms with Gasteiger partial charge in [0.15, 0.2) is 0 Å². The zero-order valence-corrected chi connectivity index (χ0v) is 12.4. The molecule has 0 radical (unpaired) electrons. The molecule has 2 aliphatic carbocycles. The van der Waals surface area contributed by atoms with Crippen molar-refractivity contribution in [2.24, 2.45) is 17.3 Å². The van der Waals surface area contributed by atoms with Crippen molar-refractivity contribution in [1.82, 2.24) is 0 Å². The van der Waals surface area contributed by atoms with Gasteiger partial charge in [-0.1, -0.05) is 12.2 Å². The van der Waals surface area contributed by atoms with E-state index in [9.17, 15) is 14.7 Å². The van der Waals surface area contributed by atoms with E-state index in [-0.39, 0.29) is 18.2 Å². The van der Waals surface area contributed by atoms with E-state index in [1.54, 1.807) is 31.4 Å². The molecule has 0 spiro atoms. The van der Waals surface area contributed by atoms with Crippen molar-refractivity contribution in [3.8, 4) is 5.75 Å². The number of rotatable bonds is 5.